The lowest BCUT2D eigenvalue weighted by molar-refractivity contribution is 0.773. The predicted molar refractivity (Wildman–Crippen MR) is 65.3 cm³/mol. The van der Waals surface area contributed by atoms with Crippen molar-refractivity contribution in [1.82, 2.24) is 9.97 Å². The molecule has 0 saturated heterocycles. The van der Waals surface area contributed by atoms with Crippen molar-refractivity contribution >= 4 is 28.4 Å². The van der Waals surface area contributed by atoms with Gasteiger partial charge in [-0.3, -0.25) is 0 Å². The SMILES string of the molecule is CC1=CCCN(c2ncncc2I)C1. The van der Waals surface area contributed by atoms with Crippen LogP contribution in [-0.2, 0) is 0 Å². The van der Waals surface area contributed by atoms with Gasteiger partial charge in [-0.1, -0.05) is 11.6 Å². The van der Waals surface area contributed by atoms with Crippen LogP contribution in [0.4, 0.5) is 5.82 Å². The van der Waals surface area contributed by atoms with Gasteiger partial charge in [-0.2, -0.15) is 0 Å². The Hall–Kier alpha value is -0.650. The van der Waals surface area contributed by atoms with Gasteiger partial charge >= 0.3 is 0 Å². The molecule has 1 aromatic rings. The van der Waals surface area contributed by atoms with Crippen LogP contribution in [0.5, 0.6) is 0 Å². The molecule has 3 nitrogen and oxygen atoms in total. The lowest BCUT2D eigenvalue weighted by Gasteiger charge is -2.27. The first-order chi connectivity index (χ1) is 6.77. The van der Waals surface area contributed by atoms with Crippen LogP contribution in [0, 0.1) is 3.57 Å². The molecule has 0 bridgehead atoms. The van der Waals surface area contributed by atoms with E-state index in [2.05, 4.69) is 50.5 Å². The van der Waals surface area contributed by atoms with Gasteiger partial charge in [0.2, 0.25) is 0 Å². The standard InChI is InChI=1S/C10H12IN3/c1-8-3-2-4-14(6-8)10-9(11)5-12-7-13-10/h3,5,7H,2,4,6H2,1H3. The molecule has 0 aromatic carbocycles. The first kappa shape index (κ1) is 9.89. The maximum atomic E-state index is 4.32. The Morgan fingerprint density at radius 2 is 2.36 bits per heavy atom. The highest BCUT2D eigenvalue weighted by atomic mass is 127. The Balaban J connectivity index is 2.24. The van der Waals surface area contributed by atoms with Crippen LogP contribution in [0.2, 0.25) is 0 Å². The van der Waals surface area contributed by atoms with Gasteiger partial charge in [0, 0.05) is 19.3 Å². The maximum Gasteiger partial charge on any atom is 0.145 e. The largest absolute Gasteiger partial charge is 0.351 e. The molecule has 1 aromatic heterocycles. The lowest BCUT2D eigenvalue weighted by atomic mass is 10.1. The molecule has 2 heterocycles. The van der Waals surface area contributed by atoms with Gasteiger partial charge in [0.1, 0.15) is 12.1 Å². The Morgan fingerprint density at radius 1 is 1.50 bits per heavy atom. The molecule has 1 aliphatic rings. The fourth-order valence-electron chi connectivity index (χ4n) is 1.63. The summed E-state index contributed by atoms with van der Waals surface area (Å²) < 4.78 is 1.12. The molecule has 2 rings (SSSR count). The third-order valence-corrected chi connectivity index (χ3v) is 3.04. The summed E-state index contributed by atoms with van der Waals surface area (Å²) in [5.41, 5.74) is 1.42. The lowest BCUT2D eigenvalue weighted by Crippen LogP contribution is -2.30. The number of rotatable bonds is 1. The second kappa shape index (κ2) is 4.25. The number of nitrogens with zero attached hydrogens (tertiary/aromatic N) is 3. The first-order valence-electron chi connectivity index (χ1n) is 4.63. The predicted octanol–water partition coefficient (Wildman–Crippen LogP) is 2.24. The quantitative estimate of drug-likeness (QED) is 0.588. The Morgan fingerprint density at radius 3 is 3.07 bits per heavy atom. The number of hydrogen-bond acceptors (Lipinski definition) is 3. The minimum atomic E-state index is 0.993. The minimum Gasteiger partial charge on any atom is -0.351 e. The van der Waals surface area contributed by atoms with Crippen LogP contribution in [0.1, 0.15) is 13.3 Å². The van der Waals surface area contributed by atoms with Crippen molar-refractivity contribution in [2.45, 2.75) is 13.3 Å². The van der Waals surface area contributed by atoms with Gasteiger partial charge in [-0.25, -0.2) is 9.97 Å². The molecule has 1 aliphatic heterocycles. The average molecular weight is 301 g/mol. The monoisotopic (exact) mass is 301 g/mol. The van der Waals surface area contributed by atoms with E-state index in [-0.39, 0.29) is 0 Å². The molecular weight excluding hydrogens is 289 g/mol. The zero-order valence-electron chi connectivity index (χ0n) is 8.07. The summed E-state index contributed by atoms with van der Waals surface area (Å²) in [5.74, 6) is 1.06. The van der Waals surface area contributed by atoms with Crippen molar-refractivity contribution in [3.8, 4) is 0 Å². The third kappa shape index (κ3) is 2.05. The van der Waals surface area contributed by atoms with E-state index in [0.29, 0.717) is 0 Å². The summed E-state index contributed by atoms with van der Waals surface area (Å²) in [7, 11) is 0. The average Bonchev–Trinajstić information content (AvgIpc) is 2.18. The number of aromatic nitrogens is 2. The van der Waals surface area contributed by atoms with E-state index in [0.717, 1.165) is 28.9 Å². The van der Waals surface area contributed by atoms with Crippen LogP contribution in [-0.4, -0.2) is 23.1 Å². The first-order valence-corrected chi connectivity index (χ1v) is 5.71. The van der Waals surface area contributed by atoms with E-state index < -0.39 is 0 Å². The van der Waals surface area contributed by atoms with Crippen molar-refractivity contribution in [1.29, 1.82) is 0 Å². The Bertz CT molecular complexity index is 362. The molecular formula is C10H12IN3. The summed E-state index contributed by atoms with van der Waals surface area (Å²) in [5, 5.41) is 0. The zero-order chi connectivity index (χ0) is 9.97. The van der Waals surface area contributed by atoms with E-state index in [9.17, 15) is 0 Å². The molecule has 0 aliphatic carbocycles. The Labute approximate surface area is 97.4 Å². The van der Waals surface area contributed by atoms with Gasteiger partial charge in [0.25, 0.3) is 0 Å². The number of halogens is 1. The van der Waals surface area contributed by atoms with Crippen LogP contribution in [0.15, 0.2) is 24.2 Å². The molecule has 0 amide bonds. The summed E-state index contributed by atoms with van der Waals surface area (Å²) >= 11 is 2.28. The third-order valence-electron chi connectivity index (χ3n) is 2.28. The molecule has 0 radical (unpaired) electrons. The van der Waals surface area contributed by atoms with Crippen LogP contribution in [0.25, 0.3) is 0 Å². The van der Waals surface area contributed by atoms with Gasteiger partial charge in [-0.05, 0) is 35.9 Å². The van der Waals surface area contributed by atoms with Crippen LogP contribution < -0.4 is 4.90 Å². The van der Waals surface area contributed by atoms with Crippen LogP contribution >= 0.6 is 22.6 Å². The van der Waals surface area contributed by atoms with Gasteiger partial charge in [0.15, 0.2) is 0 Å². The normalized spacial score (nSPS) is 16.7. The molecule has 0 saturated carbocycles. The molecule has 0 spiro atoms. The van der Waals surface area contributed by atoms with E-state index in [1.54, 1.807) is 6.33 Å². The highest BCUT2D eigenvalue weighted by Crippen LogP contribution is 2.21. The molecule has 4 heteroatoms. The molecule has 0 N–H and O–H groups in total. The van der Waals surface area contributed by atoms with Crippen molar-refractivity contribution < 1.29 is 0 Å². The Kier molecular flexibility index (Phi) is 3.00. The van der Waals surface area contributed by atoms with E-state index in [4.69, 9.17) is 0 Å². The highest BCUT2D eigenvalue weighted by Gasteiger charge is 2.14. The van der Waals surface area contributed by atoms with Gasteiger partial charge in [0.05, 0.1) is 3.57 Å². The number of anilines is 1. The second-order valence-electron chi connectivity index (χ2n) is 3.45. The van der Waals surface area contributed by atoms with Gasteiger partial charge in [-0.15, -0.1) is 0 Å². The van der Waals surface area contributed by atoms with E-state index >= 15 is 0 Å². The van der Waals surface area contributed by atoms with Crippen LogP contribution in [0.3, 0.4) is 0 Å². The summed E-state index contributed by atoms with van der Waals surface area (Å²) in [4.78, 5) is 10.6. The molecule has 14 heavy (non-hydrogen) atoms. The maximum absolute atomic E-state index is 4.32. The molecule has 0 fully saturated rings. The van der Waals surface area contributed by atoms with E-state index in [1.807, 2.05) is 6.20 Å². The summed E-state index contributed by atoms with van der Waals surface area (Å²) in [6.07, 6.45) is 6.89. The molecule has 0 atom stereocenters. The van der Waals surface area contributed by atoms with Gasteiger partial charge < -0.3 is 4.90 Å². The fraction of sp³-hybridized carbons (Fsp3) is 0.400. The van der Waals surface area contributed by atoms with E-state index in [1.165, 1.54) is 5.57 Å². The number of hydrogen-bond donors (Lipinski definition) is 0. The minimum absolute atomic E-state index is 0.993. The van der Waals surface area contributed by atoms with Crippen molar-refractivity contribution in [2.24, 2.45) is 0 Å². The molecule has 0 unspecified atom stereocenters. The smallest absolute Gasteiger partial charge is 0.145 e. The molecule has 74 valence electrons. The van der Waals surface area contributed by atoms with Crippen molar-refractivity contribution in [2.75, 3.05) is 18.0 Å². The topological polar surface area (TPSA) is 29.0 Å². The highest BCUT2D eigenvalue weighted by molar-refractivity contribution is 14.1. The summed E-state index contributed by atoms with van der Waals surface area (Å²) in [6, 6.07) is 0. The van der Waals surface area contributed by atoms with Crippen molar-refractivity contribution in [3.05, 3.63) is 27.7 Å². The second-order valence-corrected chi connectivity index (χ2v) is 4.62. The summed E-state index contributed by atoms with van der Waals surface area (Å²) in [6.45, 7) is 4.22. The fourth-order valence-corrected chi connectivity index (χ4v) is 2.27. The van der Waals surface area contributed by atoms with Crippen molar-refractivity contribution in [3.63, 3.8) is 0 Å². The zero-order valence-corrected chi connectivity index (χ0v) is 10.2.